The summed E-state index contributed by atoms with van der Waals surface area (Å²) >= 11 is 0. The Kier molecular flexibility index (Phi) is 2.89. The van der Waals surface area contributed by atoms with Crippen LogP contribution in [-0.2, 0) is 4.74 Å². The number of carbonyl (C=O) groups excluding carboxylic acids is 1. The Morgan fingerprint density at radius 3 is 2.56 bits per heavy atom. The maximum Gasteiger partial charge on any atom is 0.407 e. The van der Waals surface area contributed by atoms with Gasteiger partial charge in [0, 0.05) is 0 Å². The van der Waals surface area contributed by atoms with Crippen molar-refractivity contribution < 1.29 is 23.0 Å². The molecular formula is C10H9F2NO3. The highest BCUT2D eigenvalue weighted by molar-refractivity contribution is 5.70. The second-order valence-corrected chi connectivity index (χ2v) is 3.24. The van der Waals surface area contributed by atoms with Crippen molar-refractivity contribution in [3.63, 3.8) is 0 Å². The van der Waals surface area contributed by atoms with Gasteiger partial charge in [-0.2, -0.15) is 8.78 Å². The number of benzene rings is 1. The van der Waals surface area contributed by atoms with Gasteiger partial charge in [-0.05, 0) is 17.7 Å². The Hall–Kier alpha value is -1.85. The van der Waals surface area contributed by atoms with Gasteiger partial charge in [0.15, 0.2) is 0 Å². The third-order valence-corrected chi connectivity index (χ3v) is 2.18. The maximum atomic E-state index is 11.9. The molecule has 16 heavy (non-hydrogen) atoms. The Labute approximate surface area is 90.2 Å². The molecule has 0 aliphatic carbocycles. The third kappa shape index (κ3) is 2.39. The van der Waals surface area contributed by atoms with E-state index in [1.165, 1.54) is 12.1 Å². The minimum absolute atomic E-state index is 0.0870. The number of alkyl carbamates (subject to hydrolysis) is 1. The summed E-state index contributed by atoms with van der Waals surface area (Å²) in [6.45, 7) is -2.59. The molecule has 1 aromatic carbocycles. The molecule has 1 N–H and O–H groups in total. The molecule has 1 amide bonds. The van der Waals surface area contributed by atoms with Crippen LogP contribution in [0.15, 0.2) is 24.3 Å². The van der Waals surface area contributed by atoms with E-state index in [0.29, 0.717) is 0 Å². The van der Waals surface area contributed by atoms with Crippen molar-refractivity contribution in [2.75, 3.05) is 6.61 Å². The molecule has 2 rings (SSSR count). The van der Waals surface area contributed by atoms with Gasteiger partial charge in [-0.25, -0.2) is 4.79 Å². The minimum atomic E-state index is -2.83. The average molecular weight is 229 g/mol. The first-order chi connectivity index (χ1) is 7.65. The lowest BCUT2D eigenvalue weighted by Crippen LogP contribution is -2.18. The monoisotopic (exact) mass is 229 g/mol. The van der Waals surface area contributed by atoms with Crippen molar-refractivity contribution in [2.45, 2.75) is 12.7 Å². The number of nitrogens with one attached hydrogen (secondary N) is 1. The molecule has 1 fully saturated rings. The summed E-state index contributed by atoms with van der Waals surface area (Å²) in [6.07, 6.45) is -0.474. The summed E-state index contributed by atoms with van der Waals surface area (Å²) in [6, 6.07) is 5.83. The van der Waals surface area contributed by atoms with E-state index in [9.17, 15) is 13.6 Å². The molecule has 0 radical (unpaired) electrons. The van der Waals surface area contributed by atoms with E-state index in [-0.39, 0.29) is 18.4 Å². The number of amides is 1. The van der Waals surface area contributed by atoms with Gasteiger partial charge >= 0.3 is 12.7 Å². The fourth-order valence-electron chi connectivity index (χ4n) is 1.45. The zero-order chi connectivity index (χ0) is 11.5. The van der Waals surface area contributed by atoms with Crippen LogP contribution in [0.1, 0.15) is 11.6 Å². The van der Waals surface area contributed by atoms with Gasteiger partial charge < -0.3 is 14.8 Å². The molecule has 1 aliphatic rings. The van der Waals surface area contributed by atoms with Crippen LogP contribution in [0, 0.1) is 0 Å². The second kappa shape index (κ2) is 4.34. The minimum Gasteiger partial charge on any atom is -0.447 e. The molecule has 86 valence electrons. The number of halogens is 2. The zero-order valence-corrected chi connectivity index (χ0v) is 8.15. The average Bonchev–Trinajstić information content (AvgIpc) is 2.65. The molecule has 0 saturated carbocycles. The van der Waals surface area contributed by atoms with Gasteiger partial charge in [-0.3, -0.25) is 0 Å². The molecule has 1 aromatic rings. The van der Waals surface area contributed by atoms with Crippen molar-refractivity contribution in [3.8, 4) is 5.75 Å². The Balaban J connectivity index is 2.04. The number of hydrogen-bond donors (Lipinski definition) is 1. The summed E-state index contributed by atoms with van der Waals surface area (Å²) in [5.41, 5.74) is 0.785. The molecule has 1 atom stereocenters. The number of cyclic esters (lactones) is 1. The molecule has 1 aliphatic heterocycles. The fourth-order valence-corrected chi connectivity index (χ4v) is 1.45. The maximum absolute atomic E-state index is 11.9. The number of alkyl halides is 2. The molecular weight excluding hydrogens is 220 g/mol. The highest BCUT2D eigenvalue weighted by atomic mass is 19.3. The van der Waals surface area contributed by atoms with Gasteiger partial charge in [0.05, 0.1) is 6.04 Å². The van der Waals surface area contributed by atoms with Crippen LogP contribution in [0.4, 0.5) is 13.6 Å². The highest BCUT2D eigenvalue weighted by Gasteiger charge is 2.23. The van der Waals surface area contributed by atoms with Gasteiger partial charge in [0.2, 0.25) is 0 Å². The third-order valence-electron chi connectivity index (χ3n) is 2.18. The van der Waals surface area contributed by atoms with Gasteiger partial charge in [0.25, 0.3) is 0 Å². The van der Waals surface area contributed by atoms with Crippen molar-refractivity contribution in [3.05, 3.63) is 29.8 Å². The Morgan fingerprint density at radius 2 is 2.06 bits per heavy atom. The summed E-state index contributed by atoms with van der Waals surface area (Å²) < 4.78 is 32.7. The van der Waals surface area contributed by atoms with E-state index in [1.807, 2.05) is 0 Å². The molecule has 4 nitrogen and oxygen atoms in total. The van der Waals surface area contributed by atoms with Crippen molar-refractivity contribution >= 4 is 6.09 Å². The molecule has 6 heteroatoms. The van der Waals surface area contributed by atoms with Crippen LogP contribution in [0.3, 0.4) is 0 Å². The zero-order valence-electron chi connectivity index (χ0n) is 8.15. The predicted molar refractivity (Wildman–Crippen MR) is 50.3 cm³/mol. The van der Waals surface area contributed by atoms with Crippen LogP contribution in [-0.4, -0.2) is 19.3 Å². The number of hydrogen-bond acceptors (Lipinski definition) is 3. The number of rotatable bonds is 3. The van der Waals surface area contributed by atoms with Crippen molar-refractivity contribution in [1.29, 1.82) is 0 Å². The quantitative estimate of drug-likeness (QED) is 0.863. The first-order valence-electron chi connectivity index (χ1n) is 4.63. The van der Waals surface area contributed by atoms with E-state index in [4.69, 9.17) is 4.74 Å². The normalized spacial score (nSPS) is 19.4. The van der Waals surface area contributed by atoms with Crippen LogP contribution in [0.25, 0.3) is 0 Å². The van der Waals surface area contributed by atoms with Crippen LogP contribution >= 0.6 is 0 Å². The Bertz CT molecular complexity index is 380. The van der Waals surface area contributed by atoms with Gasteiger partial charge in [0.1, 0.15) is 12.4 Å². The topological polar surface area (TPSA) is 47.6 Å². The van der Waals surface area contributed by atoms with E-state index in [2.05, 4.69) is 10.1 Å². The Morgan fingerprint density at radius 1 is 1.38 bits per heavy atom. The standard InChI is InChI=1S/C10H9F2NO3/c11-9(12)16-7-3-1-6(2-4-7)8-5-15-10(14)13-8/h1-4,8-9H,5H2,(H,13,14). The highest BCUT2D eigenvalue weighted by Crippen LogP contribution is 2.21. The summed E-state index contributed by atoms with van der Waals surface area (Å²) in [4.78, 5) is 10.8. The van der Waals surface area contributed by atoms with Crippen LogP contribution in [0.2, 0.25) is 0 Å². The fraction of sp³-hybridized carbons (Fsp3) is 0.300. The summed E-state index contributed by atoms with van der Waals surface area (Å²) in [5, 5.41) is 2.58. The lowest BCUT2D eigenvalue weighted by atomic mass is 10.1. The molecule has 0 bridgehead atoms. The van der Waals surface area contributed by atoms with E-state index >= 15 is 0 Å². The molecule has 0 aromatic heterocycles. The van der Waals surface area contributed by atoms with Crippen molar-refractivity contribution in [1.82, 2.24) is 5.32 Å². The predicted octanol–water partition coefficient (Wildman–Crippen LogP) is 2.07. The first kappa shape index (κ1) is 10.7. The second-order valence-electron chi connectivity index (χ2n) is 3.24. The van der Waals surface area contributed by atoms with E-state index in [1.54, 1.807) is 12.1 Å². The first-order valence-corrected chi connectivity index (χ1v) is 4.63. The van der Waals surface area contributed by atoms with Crippen molar-refractivity contribution in [2.24, 2.45) is 0 Å². The van der Waals surface area contributed by atoms with E-state index in [0.717, 1.165) is 5.56 Å². The molecule has 1 saturated heterocycles. The lowest BCUT2D eigenvalue weighted by Gasteiger charge is -2.09. The van der Waals surface area contributed by atoms with E-state index < -0.39 is 12.7 Å². The number of carbonyl (C=O) groups is 1. The molecule has 1 unspecified atom stereocenters. The smallest absolute Gasteiger partial charge is 0.407 e. The number of ether oxygens (including phenoxy) is 2. The molecule has 0 spiro atoms. The van der Waals surface area contributed by atoms with Gasteiger partial charge in [-0.15, -0.1) is 0 Å². The lowest BCUT2D eigenvalue weighted by molar-refractivity contribution is -0.0498. The largest absolute Gasteiger partial charge is 0.447 e. The summed E-state index contributed by atoms with van der Waals surface area (Å²) in [7, 11) is 0. The SMILES string of the molecule is O=C1NC(c2ccc(OC(F)F)cc2)CO1. The van der Waals surface area contributed by atoms with Crippen LogP contribution < -0.4 is 10.1 Å². The summed E-state index contributed by atoms with van der Waals surface area (Å²) in [5.74, 6) is 0.0870. The van der Waals surface area contributed by atoms with Gasteiger partial charge in [-0.1, -0.05) is 12.1 Å². The molecule has 1 heterocycles. The van der Waals surface area contributed by atoms with Crippen LogP contribution in [0.5, 0.6) is 5.75 Å².